The lowest BCUT2D eigenvalue weighted by atomic mass is 9.98. The van der Waals surface area contributed by atoms with Crippen molar-refractivity contribution in [1.29, 1.82) is 10.5 Å². The Morgan fingerprint density at radius 1 is 1.13 bits per heavy atom. The number of nitriles is 2. The van der Waals surface area contributed by atoms with E-state index >= 15 is 0 Å². The zero-order valence-electron chi connectivity index (χ0n) is 16.5. The van der Waals surface area contributed by atoms with E-state index in [1.807, 2.05) is 30.3 Å². The Bertz CT molecular complexity index is 1020. The summed E-state index contributed by atoms with van der Waals surface area (Å²) in [6.07, 6.45) is 5.88. The average molecular weight is 417 g/mol. The van der Waals surface area contributed by atoms with E-state index in [0.29, 0.717) is 28.5 Å². The normalized spacial score (nSPS) is 19.6. The molecule has 1 saturated heterocycles. The van der Waals surface area contributed by atoms with E-state index in [0.717, 1.165) is 43.4 Å². The summed E-state index contributed by atoms with van der Waals surface area (Å²) >= 11 is 1.23. The van der Waals surface area contributed by atoms with Gasteiger partial charge in [0.25, 0.3) is 0 Å². The predicted molar refractivity (Wildman–Crippen MR) is 116 cm³/mol. The molecule has 6 nitrogen and oxygen atoms in total. The van der Waals surface area contributed by atoms with Crippen LogP contribution in [0.4, 0.5) is 5.82 Å². The first-order valence-corrected chi connectivity index (χ1v) is 11.0. The SMILES string of the molecule is N#Cc1c(SC([C]=O)c2ccccc2)nc(N2CCCC(N)C2)c(C#N)c1C1CC1. The molecule has 1 aliphatic carbocycles. The maximum atomic E-state index is 11.8. The number of anilines is 1. The van der Waals surface area contributed by atoms with Crippen molar-refractivity contribution in [3.8, 4) is 12.1 Å². The highest BCUT2D eigenvalue weighted by atomic mass is 32.2. The molecule has 0 amide bonds. The van der Waals surface area contributed by atoms with E-state index in [4.69, 9.17) is 10.7 Å². The molecule has 2 atom stereocenters. The number of piperidine rings is 1. The summed E-state index contributed by atoms with van der Waals surface area (Å²) in [5.41, 5.74) is 8.67. The van der Waals surface area contributed by atoms with E-state index in [-0.39, 0.29) is 12.0 Å². The van der Waals surface area contributed by atoms with Crippen molar-refractivity contribution >= 4 is 23.9 Å². The molecule has 2 aliphatic rings. The zero-order valence-corrected chi connectivity index (χ0v) is 17.4. The molecule has 151 valence electrons. The van der Waals surface area contributed by atoms with Gasteiger partial charge in [0.1, 0.15) is 28.2 Å². The number of pyridine rings is 1. The molecular formula is C23H22N5OS. The molecule has 4 rings (SSSR count). The Morgan fingerprint density at radius 3 is 2.47 bits per heavy atom. The third kappa shape index (κ3) is 4.05. The molecule has 0 spiro atoms. The minimum Gasteiger partial charge on any atom is -0.354 e. The highest BCUT2D eigenvalue weighted by Crippen LogP contribution is 2.48. The van der Waals surface area contributed by atoms with E-state index in [9.17, 15) is 15.3 Å². The third-order valence-electron chi connectivity index (χ3n) is 5.59. The van der Waals surface area contributed by atoms with Gasteiger partial charge < -0.3 is 10.6 Å². The monoisotopic (exact) mass is 416 g/mol. The lowest BCUT2D eigenvalue weighted by molar-refractivity contribution is 0.502. The van der Waals surface area contributed by atoms with Crippen LogP contribution in [0.15, 0.2) is 35.4 Å². The quantitative estimate of drug-likeness (QED) is 0.717. The van der Waals surface area contributed by atoms with Crippen molar-refractivity contribution in [2.45, 2.75) is 47.9 Å². The first-order chi connectivity index (χ1) is 14.7. The van der Waals surface area contributed by atoms with Crippen LogP contribution >= 0.6 is 11.8 Å². The molecule has 2 unspecified atom stereocenters. The number of aromatic nitrogens is 1. The molecule has 0 bridgehead atoms. The van der Waals surface area contributed by atoms with Crippen molar-refractivity contribution in [3.63, 3.8) is 0 Å². The lowest BCUT2D eigenvalue weighted by Gasteiger charge is -2.33. The molecule has 1 aliphatic heterocycles. The van der Waals surface area contributed by atoms with Gasteiger partial charge in [-0.25, -0.2) is 4.98 Å². The number of thioether (sulfide) groups is 1. The largest absolute Gasteiger partial charge is 0.354 e. The Kier molecular flexibility index (Phi) is 6.03. The van der Waals surface area contributed by atoms with Crippen molar-refractivity contribution in [2.24, 2.45) is 5.73 Å². The molecule has 1 radical (unpaired) electrons. The van der Waals surface area contributed by atoms with Gasteiger partial charge >= 0.3 is 0 Å². The van der Waals surface area contributed by atoms with Crippen LogP contribution in [0.25, 0.3) is 0 Å². The maximum absolute atomic E-state index is 11.8. The van der Waals surface area contributed by atoms with Gasteiger partial charge in [0.2, 0.25) is 6.29 Å². The molecule has 2 aromatic rings. The highest BCUT2D eigenvalue weighted by Gasteiger charge is 2.35. The van der Waals surface area contributed by atoms with Crippen LogP contribution in [-0.2, 0) is 4.79 Å². The van der Waals surface area contributed by atoms with E-state index < -0.39 is 5.25 Å². The van der Waals surface area contributed by atoms with Crippen LogP contribution in [0.2, 0.25) is 0 Å². The van der Waals surface area contributed by atoms with Crippen molar-refractivity contribution in [2.75, 3.05) is 18.0 Å². The summed E-state index contributed by atoms with van der Waals surface area (Å²) in [6.45, 7) is 1.40. The second-order valence-corrected chi connectivity index (χ2v) is 8.87. The van der Waals surface area contributed by atoms with Crippen LogP contribution < -0.4 is 10.6 Å². The summed E-state index contributed by atoms with van der Waals surface area (Å²) in [4.78, 5) is 18.6. The van der Waals surface area contributed by atoms with Crippen molar-refractivity contribution in [1.82, 2.24) is 4.98 Å². The first-order valence-electron chi connectivity index (χ1n) is 10.1. The number of carbonyl (C=O) groups excluding carboxylic acids is 1. The summed E-state index contributed by atoms with van der Waals surface area (Å²) < 4.78 is 0. The van der Waals surface area contributed by atoms with E-state index in [2.05, 4.69) is 23.3 Å². The number of nitrogens with two attached hydrogens (primary N) is 1. The van der Waals surface area contributed by atoms with Gasteiger partial charge in [-0.1, -0.05) is 42.1 Å². The molecule has 30 heavy (non-hydrogen) atoms. The second-order valence-electron chi connectivity index (χ2n) is 7.78. The standard InChI is InChI=1S/C23H22N5OS/c24-11-18-21(16-8-9-16)19(12-25)23(27-22(18)28-10-4-7-17(26)13-28)30-20(14-29)15-5-2-1-3-6-15/h1-3,5-6,16-17,20H,4,7-10,13,26H2. The number of hydrogen-bond acceptors (Lipinski definition) is 7. The Labute approximate surface area is 180 Å². The summed E-state index contributed by atoms with van der Waals surface area (Å²) in [5.74, 6) is 0.790. The second kappa shape index (κ2) is 8.87. The fourth-order valence-electron chi connectivity index (χ4n) is 3.98. The third-order valence-corrected chi connectivity index (χ3v) is 6.71. The average Bonchev–Trinajstić information content (AvgIpc) is 3.62. The van der Waals surface area contributed by atoms with Crippen molar-refractivity contribution in [3.05, 3.63) is 52.6 Å². The fourth-order valence-corrected chi connectivity index (χ4v) is 4.96. The molecule has 1 aromatic heterocycles. The molecule has 1 aromatic carbocycles. The summed E-state index contributed by atoms with van der Waals surface area (Å²) in [7, 11) is 0. The van der Waals surface area contributed by atoms with Gasteiger partial charge in [-0.15, -0.1) is 0 Å². The fraction of sp³-hybridized carbons (Fsp3) is 0.391. The number of nitrogens with zero attached hydrogens (tertiary/aromatic N) is 4. The molecule has 2 N–H and O–H groups in total. The van der Waals surface area contributed by atoms with Crippen molar-refractivity contribution < 1.29 is 4.79 Å². The Balaban J connectivity index is 1.82. The van der Waals surface area contributed by atoms with Crippen LogP contribution in [0.1, 0.15) is 59.1 Å². The predicted octanol–water partition coefficient (Wildman–Crippen LogP) is 3.57. The van der Waals surface area contributed by atoms with Gasteiger partial charge in [0.15, 0.2) is 0 Å². The van der Waals surface area contributed by atoms with Crippen LogP contribution in [-0.4, -0.2) is 30.4 Å². The summed E-state index contributed by atoms with van der Waals surface area (Å²) in [5, 5.41) is 19.8. The van der Waals surface area contributed by atoms with Gasteiger partial charge in [-0.05, 0) is 42.7 Å². The van der Waals surface area contributed by atoms with Gasteiger partial charge in [0.05, 0.1) is 11.1 Å². The number of hydrogen-bond donors (Lipinski definition) is 1. The first kappa shape index (κ1) is 20.4. The smallest absolute Gasteiger partial charge is 0.217 e. The molecular weight excluding hydrogens is 394 g/mol. The molecule has 7 heteroatoms. The lowest BCUT2D eigenvalue weighted by Crippen LogP contribution is -2.43. The van der Waals surface area contributed by atoms with E-state index in [1.54, 1.807) is 0 Å². The Morgan fingerprint density at radius 2 is 1.87 bits per heavy atom. The molecule has 1 saturated carbocycles. The van der Waals surface area contributed by atoms with E-state index in [1.165, 1.54) is 11.8 Å². The summed E-state index contributed by atoms with van der Waals surface area (Å²) in [6, 6.07) is 14.0. The van der Waals surface area contributed by atoms with Crippen LogP contribution in [0, 0.1) is 22.7 Å². The van der Waals surface area contributed by atoms with Gasteiger partial charge in [-0.2, -0.15) is 10.5 Å². The zero-order chi connectivity index (χ0) is 21.1. The highest BCUT2D eigenvalue weighted by molar-refractivity contribution is 8.00. The minimum absolute atomic E-state index is 0.0311. The molecule has 2 heterocycles. The topological polar surface area (TPSA) is 107 Å². The Hall–Kier alpha value is -2.87. The number of benzene rings is 1. The van der Waals surface area contributed by atoms with Crippen LogP contribution in [0.5, 0.6) is 0 Å². The van der Waals surface area contributed by atoms with Gasteiger partial charge in [0, 0.05) is 19.1 Å². The molecule has 2 fully saturated rings. The number of rotatable bonds is 6. The van der Waals surface area contributed by atoms with Crippen LogP contribution in [0.3, 0.4) is 0 Å². The minimum atomic E-state index is -0.595. The maximum Gasteiger partial charge on any atom is 0.217 e. The van der Waals surface area contributed by atoms with Gasteiger partial charge in [-0.3, -0.25) is 4.79 Å².